The highest BCUT2D eigenvalue weighted by atomic mass is 35.5. The third-order valence-electron chi connectivity index (χ3n) is 4.67. The van der Waals surface area contributed by atoms with Crippen molar-refractivity contribution in [1.82, 2.24) is 15.0 Å². The van der Waals surface area contributed by atoms with Gasteiger partial charge in [0.15, 0.2) is 0 Å². The Morgan fingerprint density at radius 1 is 1.26 bits per heavy atom. The van der Waals surface area contributed by atoms with Gasteiger partial charge in [-0.25, -0.2) is 4.39 Å². The molecule has 1 aromatic heterocycles. The van der Waals surface area contributed by atoms with E-state index < -0.39 is 5.82 Å². The number of carbonyl (C=O) groups excluding carboxylic acids is 1. The normalized spacial score (nSPS) is 16.9. The number of rotatable bonds is 4. The molecule has 1 saturated heterocycles. The zero-order valence-electron chi connectivity index (χ0n) is 14.7. The standard InChI is InChI=1S/C20H17ClFN3O2/c1-12-2-5-14(6-3-12)19-23-20(27-24-19)15-9-18(26)25(11-15)10-13-4-7-17(22)16(21)8-13/h2-8,15H,9-11H2,1H3. The number of halogens is 2. The SMILES string of the molecule is Cc1ccc(-c2noc(C3CC(=O)N(Cc4ccc(F)c(Cl)c4)C3)n2)cc1. The molecule has 0 aliphatic carbocycles. The fraction of sp³-hybridized carbons (Fsp3) is 0.250. The van der Waals surface area contributed by atoms with Crippen molar-refractivity contribution >= 4 is 17.5 Å². The molecule has 4 rings (SSSR count). The molecule has 1 aliphatic rings. The van der Waals surface area contributed by atoms with Gasteiger partial charge in [0.2, 0.25) is 17.6 Å². The summed E-state index contributed by atoms with van der Waals surface area (Å²) in [5.41, 5.74) is 2.81. The summed E-state index contributed by atoms with van der Waals surface area (Å²) in [4.78, 5) is 18.5. The molecule has 7 heteroatoms. The lowest BCUT2D eigenvalue weighted by Crippen LogP contribution is -2.24. The van der Waals surface area contributed by atoms with E-state index in [0.29, 0.717) is 31.2 Å². The predicted octanol–water partition coefficient (Wildman–Crippen LogP) is 4.35. The largest absolute Gasteiger partial charge is 0.339 e. The first-order valence-electron chi connectivity index (χ1n) is 8.62. The predicted molar refractivity (Wildman–Crippen MR) is 98.7 cm³/mol. The smallest absolute Gasteiger partial charge is 0.232 e. The molecule has 1 aliphatic heterocycles. The van der Waals surface area contributed by atoms with E-state index in [0.717, 1.165) is 16.7 Å². The minimum Gasteiger partial charge on any atom is -0.339 e. The molecular weight excluding hydrogens is 369 g/mol. The van der Waals surface area contributed by atoms with Crippen LogP contribution >= 0.6 is 11.6 Å². The topological polar surface area (TPSA) is 59.2 Å². The van der Waals surface area contributed by atoms with Crippen LogP contribution in [0.4, 0.5) is 4.39 Å². The molecule has 0 spiro atoms. The Balaban J connectivity index is 1.47. The Morgan fingerprint density at radius 2 is 2.04 bits per heavy atom. The van der Waals surface area contributed by atoms with Gasteiger partial charge in [-0.3, -0.25) is 4.79 Å². The van der Waals surface area contributed by atoms with Crippen molar-refractivity contribution in [3.05, 3.63) is 70.3 Å². The van der Waals surface area contributed by atoms with Gasteiger partial charge in [-0.2, -0.15) is 4.98 Å². The van der Waals surface area contributed by atoms with Gasteiger partial charge >= 0.3 is 0 Å². The van der Waals surface area contributed by atoms with Crippen LogP contribution in [0.25, 0.3) is 11.4 Å². The maximum absolute atomic E-state index is 13.3. The van der Waals surface area contributed by atoms with Crippen LogP contribution in [0, 0.1) is 12.7 Å². The maximum atomic E-state index is 13.3. The minimum atomic E-state index is -0.472. The van der Waals surface area contributed by atoms with Crippen molar-refractivity contribution < 1.29 is 13.7 Å². The third-order valence-corrected chi connectivity index (χ3v) is 4.96. The molecule has 0 radical (unpaired) electrons. The van der Waals surface area contributed by atoms with E-state index in [1.54, 1.807) is 17.0 Å². The van der Waals surface area contributed by atoms with Gasteiger partial charge in [-0.1, -0.05) is 52.7 Å². The van der Waals surface area contributed by atoms with Crippen LogP contribution in [0.5, 0.6) is 0 Å². The highest BCUT2D eigenvalue weighted by Crippen LogP contribution is 2.30. The van der Waals surface area contributed by atoms with Crippen molar-refractivity contribution in [3.63, 3.8) is 0 Å². The number of aryl methyl sites for hydroxylation is 1. The van der Waals surface area contributed by atoms with Gasteiger partial charge in [-0.05, 0) is 24.6 Å². The molecule has 27 heavy (non-hydrogen) atoms. The van der Waals surface area contributed by atoms with Crippen LogP contribution in [-0.2, 0) is 11.3 Å². The van der Waals surface area contributed by atoms with E-state index >= 15 is 0 Å². The summed E-state index contributed by atoms with van der Waals surface area (Å²) < 4.78 is 18.7. The summed E-state index contributed by atoms with van der Waals surface area (Å²) >= 11 is 5.82. The molecule has 1 atom stereocenters. The van der Waals surface area contributed by atoms with Gasteiger partial charge in [0.05, 0.1) is 10.9 Å². The molecular formula is C20H17ClFN3O2. The molecule has 5 nitrogen and oxygen atoms in total. The number of carbonyl (C=O) groups is 1. The molecule has 1 amide bonds. The highest BCUT2D eigenvalue weighted by molar-refractivity contribution is 6.30. The van der Waals surface area contributed by atoms with E-state index in [4.69, 9.17) is 16.1 Å². The van der Waals surface area contributed by atoms with Crippen molar-refractivity contribution in [2.24, 2.45) is 0 Å². The number of hydrogen-bond donors (Lipinski definition) is 0. The Labute approximate surface area is 160 Å². The Kier molecular flexibility index (Phi) is 4.66. The summed E-state index contributed by atoms with van der Waals surface area (Å²) in [7, 11) is 0. The first-order chi connectivity index (χ1) is 13.0. The van der Waals surface area contributed by atoms with Gasteiger partial charge in [0.25, 0.3) is 0 Å². The summed E-state index contributed by atoms with van der Waals surface area (Å²) in [5.74, 6) is 0.343. The Hall–Kier alpha value is -2.73. The summed E-state index contributed by atoms with van der Waals surface area (Å²) in [6.07, 6.45) is 0.310. The van der Waals surface area contributed by atoms with E-state index in [1.165, 1.54) is 6.07 Å². The molecule has 1 unspecified atom stereocenters. The van der Waals surface area contributed by atoms with Crippen LogP contribution in [-0.4, -0.2) is 27.5 Å². The lowest BCUT2D eigenvalue weighted by molar-refractivity contribution is -0.128. The quantitative estimate of drug-likeness (QED) is 0.669. The van der Waals surface area contributed by atoms with Crippen molar-refractivity contribution in [2.45, 2.75) is 25.8 Å². The fourth-order valence-electron chi connectivity index (χ4n) is 3.17. The fourth-order valence-corrected chi connectivity index (χ4v) is 3.37. The maximum Gasteiger partial charge on any atom is 0.232 e. The van der Waals surface area contributed by atoms with E-state index in [-0.39, 0.29) is 16.8 Å². The van der Waals surface area contributed by atoms with Gasteiger partial charge in [0, 0.05) is 25.1 Å². The second-order valence-electron chi connectivity index (χ2n) is 6.75. The lowest BCUT2D eigenvalue weighted by atomic mass is 10.1. The third kappa shape index (κ3) is 3.71. The minimum absolute atomic E-state index is 0.00414. The molecule has 138 valence electrons. The molecule has 0 saturated carbocycles. The molecule has 0 bridgehead atoms. The average molecular weight is 386 g/mol. The van der Waals surface area contributed by atoms with Crippen molar-refractivity contribution in [2.75, 3.05) is 6.54 Å². The zero-order valence-corrected chi connectivity index (χ0v) is 15.4. The Bertz CT molecular complexity index is 987. The van der Waals surface area contributed by atoms with Gasteiger partial charge in [0.1, 0.15) is 5.82 Å². The first kappa shape index (κ1) is 17.7. The summed E-state index contributed by atoms with van der Waals surface area (Å²) in [5, 5.41) is 4.09. The lowest BCUT2D eigenvalue weighted by Gasteiger charge is -2.16. The van der Waals surface area contributed by atoms with Gasteiger partial charge in [-0.15, -0.1) is 0 Å². The van der Waals surface area contributed by atoms with Crippen LogP contribution in [0.1, 0.15) is 29.4 Å². The number of nitrogens with zero attached hydrogens (tertiary/aromatic N) is 3. The monoisotopic (exact) mass is 385 g/mol. The molecule has 1 fully saturated rings. The second kappa shape index (κ2) is 7.12. The summed E-state index contributed by atoms with van der Waals surface area (Å²) in [6.45, 7) is 2.86. The number of hydrogen-bond acceptors (Lipinski definition) is 4. The number of likely N-dealkylation sites (tertiary alicyclic amines) is 1. The number of amides is 1. The Morgan fingerprint density at radius 3 is 2.78 bits per heavy atom. The van der Waals surface area contributed by atoms with E-state index in [9.17, 15) is 9.18 Å². The van der Waals surface area contributed by atoms with Crippen molar-refractivity contribution in [3.8, 4) is 11.4 Å². The van der Waals surface area contributed by atoms with Crippen LogP contribution in [0.3, 0.4) is 0 Å². The summed E-state index contributed by atoms with van der Waals surface area (Å²) in [6, 6.07) is 12.3. The van der Waals surface area contributed by atoms with E-state index in [1.807, 2.05) is 31.2 Å². The van der Waals surface area contributed by atoms with Crippen molar-refractivity contribution in [1.29, 1.82) is 0 Å². The molecule has 2 heterocycles. The average Bonchev–Trinajstić information content (AvgIpc) is 3.26. The zero-order chi connectivity index (χ0) is 19.0. The second-order valence-corrected chi connectivity index (χ2v) is 7.15. The van der Waals surface area contributed by atoms with Crippen LogP contribution < -0.4 is 0 Å². The number of aromatic nitrogens is 2. The van der Waals surface area contributed by atoms with Crippen LogP contribution in [0.15, 0.2) is 47.0 Å². The molecule has 3 aromatic rings. The molecule has 2 aromatic carbocycles. The highest BCUT2D eigenvalue weighted by Gasteiger charge is 2.34. The first-order valence-corrected chi connectivity index (χ1v) is 9.00. The van der Waals surface area contributed by atoms with E-state index in [2.05, 4.69) is 10.1 Å². The molecule has 0 N–H and O–H groups in total. The van der Waals surface area contributed by atoms with Gasteiger partial charge < -0.3 is 9.42 Å². The number of benzene rings is 2. The van der Waals surface area contributed by atoms with Crippen LogP contribution in [0.2, 0.25) is 5.02 Å².